The van der Waals surface area contributed by atoms with Crippen LogP contribution in [-0.2, 0) is 7.05 Å². The topological polar surface area (TPSA) is 85.6 Å². The molecule has 1 aromatic carbocycles. The summed E-state index contributed by atoms with van der Waals surface area (Å²) >= 11 is 5.89. The third-order valence-corrected chi connectivity index (χ3v) is 4.00. The van der Waals surface area contributed by atoms with Crippen LogP contribution in [0.25, 0.3) is 11.4 Å². The van der Waals surface area contributed by atoms with Crippen molar-refractivity contribution < 1.29 is 4.79 Å². The number of hydrogen-bond donors (Lipinski definition) is 1. The Balaban J connectivity index is 1.69. The highest BCUT2D eigenvalue weighted by atomic mass is 35.5. The van der Waals surface area contributed by atoms with E-state index in [-0.39, 0.29) is 11.8 Å². The Hall–Kier alpha value is -2.80. The Morgan fingerprint density at radius 3 is 2.72 bits per heavy atom. The summed E-state index contributed by atoms with van der Waals surface area (Å²) in [6.45, 7) is 2.41. The molecule has 1 atom stereocenters. The maximum Gasteiger partial charge on any atom is 0.270 e. The largest absolute Gasteiger partial charge is 0.350 e. The molecule has 0 aliphatic carbocycles. The molecule has 0 saturated carbocycles. The molecule has 2 aromatic heterocycles. The normalized spacial score (nSPS) is 12.0. The van der Waals surface area contributed by atoms with Crippen molar-refractivity contribution in [3.05, 3.63) is 59.4 Å². The zero-order valence-electron chi connectivity index (χ0n) is 13.8. The van der Waals surface area contributed by atoms with Gasteiger partial charge in [-0.15, -0.1) is 10.2 Å². The van der Waals surface area contributed by atoms with Gasteiger partial charge in [0, 0.05) is 36.3 Å². The van der Waals surface area contributed by atoms with E-state index in [4.69, 9.17) is 11.6 Å². The number of benzene rings is 1. The van der Waals surface area contributed by atoms with E-state index in [1.54, 1.807) is 30.7 Å². The smallest absolute Gasteiger partial charge is 0.270 e. The van der Waals surface area contributed by atoms with Crippen LogP contribution in [0.1, 0.15) is 29.2 Å². The van der Waals surface area contributed by atoms with Crippen LogP contribution in [0.3, 0.4) is 0 Å². The average Bonchev–Trinajstić information content (AvgIpc) is 3.06. The minimum Gasteiger partial charge on any atom is -0.350 e. The Bertz CT molecular complexity index is 877. The summed E-state index contributed by atoms with van der Waals surface area (Å²) < 4.78 is 1.83. The van der Waals surface area contributed by atoms with E-state index >= 15 is 0 Å². The van der Waals surface area contributed by atoms with Gasteiger partial charge in [-0.25, -0.2) is 9.97 Å². The molecular formula is C17H17ClN6O. The van der Waals surface area contributed by atoms with Crippen LogP contribution >= 0.6 is 11.6 Å². The van der Waals surface area contributed by atoms with E-state index in [0.717, 1.165) is 11.4 Å². The maximum atomic E-state index is 12.4. The fraction of sp³-hybridized carbons (Fsp3) is 0.235. The van der Waals surface area contributed by atoms with Gasteiger partial charge in [0.2, 0.25) is 0 Å². The van der Waals surface area contributed by atoms with Crippen LogP contribution < -0.4 is 5.32 Å². The van der Waals surface area contributed by atoms with Gasteiger partial charge in [-0.1, -0.05) is 18.5 Å². The summed E-state index contributed by atoms with van der Waals surface area (Å²) in [5.74, 6) is 1.07. The van der Waals surface area contributed by atoms with Crippen molar-refractivity contribution in [2.75, 3.05) is 6.54 Å². The second-order valence-corrected chi connectivity index (χ2v) is 6.12. The number of halogens is 1. The van der Waals surface area contributed by atoms with Crippen molar-refractivity contribution in [2.45, 2.75) is 12.8 Å². The molecule has 1 unspecified atom stereocenters. The summed E-state index contributed by atoms with van der Waals surface area (Å²) in [4.78, 5) is 20.9. The van der Waals surface area contributed by atoms with Crippen LogP contribution in [0.2, 0.25) is 5.02 Å². The van der Waals surface area contributed by atoms with Crippen LogP contribution in [0.4, 0.5) is 0 Å². The predicted molar refractivity (Wildman–Crippen MR) is 94.2 cm³/mol. The molecule has 25 heavy (non-hydrogen) atoms. The first-order valence-corrected chi connectivity index (χ1v) is 8.13. The summed E-state index contributed by atoms with van der Waals surface area (Å²) in [7, 11) is 1.87. The van der Waals surface area contributed by atoms with Gasteiger partial charge >= 0.3 is 0 Å². The lowest BCUT2D eigenvalue weighted by molar-refractivity contribution is 0.0946. The van der Waals surface area contributed by atoms with Crippen molar-refractivity contribution >= 4 is 17.5 Å². The summed E-state index contributed by atoms with van der Waals surface area (Å²) in [6, 6.07) is 8.73. The fourth-order valence-corrected chi connectivity index (χ4v) is 2.52. The lowest BCUT2D eigenvalue weighted by atomic mass is 10.1. The van der Waals surface area contributed by atoms with Crippen molar-refractivity contribution in [3.8, 4) is 11.4 Å². The molecule has 0 aliphatic heterocycles. The molecule has 0 spiro atoms. The van der Waals surface area contributed by atoms with E-state index in [1.165, 1.54) is 0 Å². The number of carbonyl (C=O) groups excluding carboxylic acids is 1. The van der Waals surface area contributed by atoms with Gasteiger partial charge in [-0.3, -0.25) is 4.79 Å². The van der Waals surface area contributed by atoms with Crippen molar-refractivity contribution in [1.29, 1.82) is 0 Å². The number of nitrogens with zero attached hydrogens (tertiary/aromatic N) is 5. The molecule has 128 valence electrons. The van der Waals surface area contributed by atoms with Gasteiger partial charge in [0.15, 0.2) is 5.82 Å². The quantitative estimate of drug-likeness (QED) is 0.759. The van der Waals surface area contributed by atoms with Crippen LogP contribution in [0, 0.1) is 0 Å². The molecule has 0 aliphatic rings. The van der Waals surface area contributed by atoms with Crippen LogP contribution in [0.15, 0.2) is 42.9 Å². The lowest BCUT2D eigenvalue weighted by Gasteiger charge is -2.11. The Morgan fingerprint density at radius 1 is 1.28 bits per heavy atom. The number of aromatic nitrogens is 5. The minimum absolute atomic E-state index is 0.0361. The fourth-order valence-electron chi connectivity index (χ4n) is 2.39. The Kier molecular flexibility index (Phi) is 5.04. The number of amides is 1. The standard InChI is InChI=1S/C17H17ClN6O/c1-11(16-23-21-10-24(16)2)9-20-17(25)14-7-8-19-15(22-14)12-3-5-13(18)6-4-12/h3-8,10-11H,9H2,1-2H3,(H,20,25). The Morgan fingerprint density at radius 2 is 2.04 bits per heavy atom. The van der Waals surface area contributed by atoms with E-state index in [0.29, 0.717) is 23.1 Å². The van der Waals surface area contributed by atoms with Crippen molar-refractivity contribution in [1.82, 2.24) is 30.0 Å². The van der Waals surface area contributed by atoms with Gasteiger partial charge in [0.25, 0.3) is 5.91 Å². The molecule has 1 amide bonds. The molecule has 8 heteroatoms. The third-order valence-electron chi connectivity index (χ3n) is 3.75. The zero-order chi connectivity index (χ0) is 17.8. The highest BCUT2D eigenvalue weighted by molar-refractivity contribution is 6.30. The van der Waals surface area contributed by atoms with Crippen molar-refractivity contribution in [2.24, 2.45) is 7.05 Å². The van der Waals surface area contributed by atoms with Crippen molar-refractivity contribution in [3.63, 3.8) is 0 Å². The van der Waals surface area contributed by atoms with Gasteiger partial charge in [-0.2, -0.15) is 0 Å². The zero-order valence-corrected chi connectivity index (χ0v) is 14.6. The lowest BCUT2D eigenvalue weighted by Crippen LogP contribution is -2.29. The third kappa shape index (κ3) is 4.00. The average molecular weight is 357 g/mol. The number of rotatable bonds is 5. The minimum atomic E-state index is -0.258. The number of hydrogen-bond acceptors (Lipinski definition) is 5. The number of aryl methyl sites for hydroxylation is 1. The summed E-state index contributed by atoms with van der Waals surface area (Å²) in [6.07, 6.45) is 3.20. The second kappa shape index (κ2) is 7.40. The first kappa shape index (κ1) is 17.0. The van der Waals surface area contributed by atoms with Gasteiger partial charge in [-0.05, 0) is 30.3 Å². The molecule has 0 fully saturated rings. The van der Waals surface area contributed by atoms with Crippen LogP contribution in [0.5, 0.6) is 0 Å². The molecule has 7 nitrogen and oxygen atoms in total. The Labute approximate surface area is 150 Å². The van der Waals surface area contributed by atoms with E-state index < -0.39 is 0 Å². The number of carbonyl (C=O) groups is 1. The molecule has 0 bridgehead atoms. The maximum absolute atomic E-state index is 12.4. The first-order chi connectivity index (χ1) is 12.0. The van der Waals surface area contributed by atoms with Crippen LogP contribution in [-0.4, -0.2) is 37.2 Å². The molecular weight excluding hydrogens is 340 g/mol. The second-order valence-electron chi connectivity index (χ2n) is 5.68. The van der Waals surface area contributed by atoms with E-state index in [9.17, 15) is 4.79 Å². The van der Waals surface area contributed by atoms with E-state index in [1.807, 2.05) is 30.7 Å². The summed E-state index contributed by atoms with van der Waals surface area (Å²) in [5.41, 5.74) is 1.11. The predicted octanol–water partition coefficient (Wildman–Crippen LogP) is 2.46. The van der Waals surface area contributed by atoms with Gasteiger partial charge in [0.05, 0.1) is 0 Å². The molecule has 3 aromatic rings. The van der Waals surface area contributed by atoms with Gasteiger partial charge in [0.1, 0.15) is 17.8 Å². The number of nitrogens with one attached hydrogen (secondary N) is 1. The molecule has 0 saturated heterocycles. The summed E-state index contributed by atoms with van der Waals surface area (Å²) in [5, 5.41) is 11.4. The highest BCUT2D eigenvalue weighted by Gasteiger charge is 2.15. The monoisotopic (exact) mass is 356 g/mol. The molecule has 0 radical (unpaired) electrons. The molecule has 3 rings (SSSR count). The highest BCUT2D eigenvalue weighted by Crippen LogP contribution is 2.18. The molecule has 2 heterocycles. The van der Waals surface area contributed by atoms with Gasteiger partial charge < -0.3 is 9.88 Å². The molecule has 1 N–H and O–H groups in total. The SMILES string of the molecule is CC(CNC(=O)c1ccnc(-c2ccc(Cl)cc2)n1)c1nncn1C. The van der Waals surface area contributed by atoms with E-state index in [2.05, 4.69) is 25.5 Å². The first-order valence-electron chi connectivity index (χ1n) is 7.75.